The van der Waals surface area contributed by atoms with Gasteiger partial charge in [-0.3, -0.25) is 0 Å². The summed E-state index contributed by atoms with van der Waals surface area (Å²) in [6.07, 6.45) is 6.39. The highest BCUT2D eigenvalue weighted by atomic mass is 19.1. The van der Waals surface area contributed by atoms with E-state index < -0.39 is 0 Å². The van der Waals surface area contributed by atoms with Crippen LogP contribution in [0.25, 0.3) is 0 Å². The minimum absolute atomic E-state index is 0.254. The molecule has 0 radical (unpaired) electrons. The van der Waals surface area contributed by atoms with Crippen LogP contribution in [0, 0.1) is 17.7 Å². The zero-order valence-corrected chi connectivity index (χ0v) is 13.5. The van der Waals surface area contributed by atoms with Gasteiger partial charge >= 0.3 is 0 Å². The van der Waals surface area contributed by atoms with Gasteiger partial charge < -0.3 is 10.1 Å². The maximum atomic E-state index is 14.0. The van der Waals surface area contributed by atoms with Crippen LogP contribution in [-0.2, 0) is 0 Å². The first-order chi connectivity index (χ1) is 10.2. The van der Waals surface area contributed by atoms with Gasteiger partial charge in [0, 0.05) is 6.04 Å². The van der Waals surface area contributed by atoms with Crippen LogP contribution in [-0.4, -0.2) is 13.7 Å². The Balaban J connectivity index is 2.19. The van der Waals surface area contributed by atoms with Gasteiger partial charge in [-0.05, 0) is 48.9 Å². The first-order valence-corrected chi connectivity index (χ1v) is 8.26. The number of halogens is 1. The molecule has 3 unspecified atom stereocenters. The Morgan fingerprint density at radius 3 is 2.76 bits per heavy atom. The van der Waals surface area contributed by atoms with Crippen LogP contribution >= 0.6 is 0 Å². The molecule has 1 N–H and O–H groups in total. The monoisotopic (exact) mass is 293 g/mol. The molecule has 2 rings (SSSR count). The van der Waals surface area contributed by atoms with Gasteiger partial charge in [-0.25, -0.2) is 4.39 Å². The molecule has 3 heteroatoms. The lowest BCUT2D eigenvalue weighted by molar-refractivity contribution is 0.210. The molecule has 0 aromatic heterocycles. The number of ether oxygens (including phenoxy) is 1. The number of rotatable bonds is 6. The van der Waals surface area contributed by atoms with E-state index in [9.17, 15) is 4.39 Å². The minimum atomic E-state index is -0.263. The van der Waals surface area contributed by atoms with E-state index in [1.807, 2.05) is 6.07 Å². The second-order valence-electron chi connectivity index (χ2n) is 6.13. The molecule has 1 aliphatic rings. The molecule has 21 heavy (non-hydrogen) atoms. The molecule has 1 fully saturated rings. The molecular weight excluding hydrogens is 265 g/mol. The van der Waals surface area contributed by atoms with Crippen LogP contribution in [0.4, 0.5) is 4.39 Å². The van der Waals surface area contributed by atoms with Crippen LogP contribution in [0.2, 0.25) is 0 Å². The predicted octanol–water partition coefficient (Wildman–Crippen LogP) is 4.70. The third kappa shape index (κ3) is 3.97. The maximum absolute atomic E-state index is 14.0. The van der Waals surface area contributed by atoms with Gasteiger partial charge in [0.25, 0.3) is 0 Å². The maximum Gasteiger partial charge on any atom is 0.165 e. The molecule has 1 aromatic carbocycles. The van der Waals surface area contributed by atoms with Gasteiger partial charge in [-0.15, -0.1) is 0 Å². The molecule has 0 saturated heterocycles. The summed E-state index contributed by atoms with van der Waals surface area (Å²) in [6, 6.07) is 5.64. The van der Waals surface area contributed by atoms with Crippen LogP contribution in [0.15, 0.2) is 18.2 Å². The van der Waals surface area contributed by atoms with E-state index in [1.165, 1.54) is 39.2 Å². The number of methoxy groups -OCH3 is 1. The first-order valence-electron chi connectivity index (χ1n) is 8.26. The zero-order chi connectivity index (χ0) is 15.2. The van der Waals surface area contributed by atoms with Crippen molar-refractivity contribution in [2.75, 3.05) is 13.7 Å². The summed E-state index contributed by atoms with van der Waals surface area (Å²) in [5, 5.41) is 3.57. The van der Waals surface area contributed by atoms with Gasteiger partial charge in [-0.1, -0.05) is 39.2 Å². The van der Waals surface area contributed by atoms with Gasteiger partial charge in [-0.2, -0.15) is 0 Å². The van der Waals surface area contributed by atoms with Crippen molar-refractivity contribution in [1.29, 1.82) is 0 Å². The highest BCUT2D eigenvalue weighted by Gasteiger charge is 2.28. The van der Waals surface area contributed by atoms with Crippen LogP contribution in [0.3, 0.4) is 0 Å². The Morgan fingerprint density at radius 1 is 1.33 bits per heavy atom. The standard InChI is InChI=1S/C18H28FNO/c1-4-13-7-6-8-14(11-13)18(20-5-2)15-9-10-17(21-3)16(19)12-15/h9-10,12-14,18,20H,4-8,11H2,1-3H3. The fourth-order valence-corrected chi connectivity index (χ4v) is 3.66. The summed E-state index contributed by atoms with van der Waals surface area (Å²) < 4.78 is 19.0. The fraction of sp³-hybridized carbons (Fsp3) is 0.667. The number of nitrogens with one attached hydrogen (secondary N) is 1. The summed E-state index contributed by atoms with van der Waals surface area (Å²) in [6.45, 7) is 5.31. The fourth-order valence-electron chi connectivity index (χ4n) is 3.66. The van der Waals surface area contributed by atoms with E-state index in [0.717, 1.165) is 18.0 Å². The van der Waals surface area contributed by atoms with Gasteiger partial charge in [0.2, 0.25) is 0 Å². The molecule has 1 aromatic rings. The topological polar surface area (TPSA) is 21.3 Å². The van der Waals surface area contributed by atoms with Crippen molar-refractivity contribution in [1.82, 2.24) is 5.32 Å². The summed E-state index contributed by atoms with van der Waals surface area (Å²) in [4.78, 5) is 0. The Morgan fingerprint density at radius 2 is 2.14 bits per heavy atom. The van der Waals surface area contributed by atoms with E-state index in [-0.39, 0.29) is 11.9 Å². The summed E-state index contributed by atoms with van der Waals surface area (Å²) in [5.41, 5.74) is 1.05. The smallest absolute Gasteiger partial charge is 0.165 e. The summed E-state index contributed by atoms with van der Waals surface area (Å²) >= 11 is 0. The Bertz CT molecular complexity index is 449. The number of hydrogen-bond acceptors (Lipinski definition) is 2. The molecule has 0 spiro atoms. The lowest BCUT2D eigenvalue weighted by Gasteiger charge is -2.35. The largest absolute Gasteiger partial charge is 0.494 e. The lowest BCUT2D eigenvalue weighted by Crippen LogP contribution is -2.31. The van der Waals surface area contributed by atoms with Crippen molar-refractivity contribution in [3.8, 4) is 5.75 Å². The summed E-state index contributed by atoms with van der Waals surface area (Å²) in [5.74, 6) is 1.49. The predicted molar refractivity (Wildman–Crippen MR) is 85.1 cm³/mol. The SMILES string of the molecule is CCNC(c1ccc(OC)c(F)c1)C1CCCC(CC)C1. The molecule has 118 valence electrons. The van der Waals surface area contributed by atoms with Crippen molar-refractivity contribution in [2.45, 2.75) is 52.0 Å². The van der Waals surface area contributed by atoms with Gasteiger partial charge in [0.1, 0.15) is 0 Å². The quantitative estimate of drug-likeness (QED) is 0.820. The molecule has 0 amide bonds. The zero-order valence-electron chi connectivity index (χ0n) is 13.5. The highest BCUT2D eigenvalue weighted by Crippen LogP contribution is 2.39. The van der Waals surface area contributed by atoms with Gasteiger partial charge in [0.15, 0.2) is 11.6 Å². The van der Waals surface area contributed by atoms with Crippen molar-refractivity contribution >= 4 is 0 Å². The van der Waals surface area contributed by atoms with E-state index in [0.29, 0.717) is 11.7 Å². The number of hydrogen-bond donors (Lipinski definition) is 1. The van der Waals surface area contributed by atoms with Crippen LogP contribution < -0.4 is 10.1 Å². The van der Waals surface area contributed by atoms with E-state index in [2.05, 4.69) is 19.2 Å². The minimum Gasteiger partial charge on any atom is -0.494 e. The van der Waals surface area contributed by atoms with E-state index >= 15 is 0 Å². The van der Waals surface area contributed by atoms with Crippen LogP contribution in [0.5, 0.6) is 5.75 Å². The van der Waals surface area contributed by atoms with Crippen molar-refractivity contribution < 1.29 is 9.13 Å². The van der Waals surface area contributed by atoms with Crippen molar-refractivity contribution in [3.63, 3.8) is 0 Å². The van der Waals surface area contributed by atoms with E-state index in [4.69, 9.17) is 4.74 Å². The molecule has 0 heterocycles. The molecule has 1 aliphatic carbocycles. The lowest BCUT2D eigenvalue weighted by atomic mass is 9.75. The van der Waals surface area contributed by atoms with Gasteiger partial charge in [0.05, 0.1) is 7.11 Å². The normalized spacial score (nSPS) is 23.8. The Hall–Kier alpha value is -1.09. The second kappa shape index (κ2) is 7.79. The first kappa shape index (κ1) is 16.3. The van der Waals surface area contributed by atoms with Crippen LogP contribution in [0.1, 0.15) is 57.6 Å². The second-order valence-corrected chi connectivity index (χ2v) is 6.13. The molecule has 2 nitrogen and oxygen atoms in total. The molecule has 0 aliphatic heterocycles. The molecular formula is C18H28FNO. The molecule has 3 atom stereocenters. The van der Waals surface area contributed by atoms with E-state index in [1.54, 1.807) is 12.1 Å². The van der Waals surface area contributed by atoms with Crippen molar-refractivity contribution in [2.24, 2.45) is 11.8 Å². The third-order valence-electron chi connectivity index (χ3n) is 4.83. The Kier molecular flexibility index (Phi) is 6.04. The summed E-state index contributed by atoms with van der Waals surface area (Å²) in [7, 11) is 1.51. The third-order valence-corrected chi connectivity index (χ3v) is 4.83. The highest BCUT2D eigenvalue weighted by molar-refractivity contribution is 5.31. The average molecular weight is 293 g/mol. The molecule has 0 bridgehead atoms. The number of benzene rings is 1. The molecule has 1 saturated carbocycles. The average Bonchev–Trinajstić information content (AvgIpc) is 2.52. The Labute approximate surface area is 128 Å². The van der Waals surface area contributed by atoms with Crippen molar-refractivity contribution in [3.05, 3.63) is 29.6 Å².